The molecule has 0 radical (unpaired) electrons. The summed E-state index contributed by atoms with van der Waals surface area (Å²) in [7, 11) is 0. The summed E-state index contributed by atoms with van der Waals surface area (Å²) < 4.78 is 38.2. The molecule has 0 bridgehead atoms. The van der Waals surface area contributed by atoms with Gasteiger partial charge in [0.1, 0.15) is 5.54 Å². The highest BCUT2D eigenvalue weighted by Gasteiger charge is 2.49. The van der Waals surface area contributed by atoms with Crippen molar-refractivity contribution in [2.24, 2.45) is 0 Å². The molecule has 0 amide bonds. The summed E-state index contributed by atoms with van der Waals surface area (Å²) in [5.74, 6) is 0. The number of hydrogen-bond donors (Lipinski definition) is 1. The van der Waals surface area contributed by atoms with E-state index in [4.69, 9.17) is 0 Å². The van der Waals surface area contributed by atoms with Crippen molar-refractivity contribution >= 4 is 0 Å². The Hall–Kier alpha value is -0.250. The molecule has 0 heterocycles. The van der Waals surface area contributed by atoms with E-state index < -0.39 is 11.7 Å². The highest BCUT2D eigenvalue weighted by Crippen LogP contribution is 2.34. The van der Waals surface area contributed by atoms with Gasteiger partial charge in [-0.1, -0.05) is 39.5 Å². The second kappa shape index (κ2) is 6.36. The second-order valence-electron chi connectivity index (χ2n) is 4.17. The van der Waals surface area contributed by atoms with Crippen LogP contribution >= 0.6 is 0 Å². The van der Waals surface area contributed by atoms with Crippen molar-refractivity contribution in [2.75, 3.05) is 6.54 Å². The van der Waals surface area contributed by atoms with E-state index in [1.54, 1.807) is 6.92 Å². The Morgan fingerprint density at radius 1 is 1.00 bits per heavy atom. The van der Waals surface area contributed by atoms with Gasteiger partial charge in [-0.3, -0.25) is 0 Å². The lowest BCUT2D eigenvalue weighted by Crippen LogP contribution is -2.54. The van der Waals surface area contributed by atoms with E-state index in [1.807, 2.05) is 6.92 Å². The van der Waals surface area contributed by atoms with E-state index in [9.17, 15) is 13.2 Å². The van der Waals surface area contributed by atoms with Gasteiger partial charge in [0.05, 0.1) is 0 Å². The summed E-state index contributed by atoms with van der Waals surface area (Å²) in [6.07, 6.45) is -0.409. The maximum atomic E-state index is 12.7. The highest BCUT2D eigenvalue weighted by atomic mass is 19.4. The molecule has 0 aromatic rings. The van der Waals surface area contributed by atoms with E-state index in [0.717, 1.165) is 19.3 Å². The monoisotopic (exact) mass is 225 g/mol. The minimum Gasteiger partial charge on any atom is -0.304 e. The smallest absolute Gasteiger partial charge is 0.304 e. The molecule has 4 heteroatoms. The molecule has 0 aliphatic carbocycles. The summed E-state index contributed by atoms with van der Waals surface area (Å²) in [5, 5.41) is 2.55. The molecule has 1 N–H and O–H groups in total. The number of rotatable bonds is 7. The molecule has 0 saturated carbocycles. The van der Waals surface area contributed by atoms with Crippen molar-refractivity contribution in [3.63, 3.8) is 0 Å². The lowest BCUT2D eigenvalue weighted by Gasteiger charge is -2.33. The fourth-order valence-electron chi connectivity index (χ4n) is 1.63. The average Bonchev–Trinajstić information content (AvgIpc) is 2.11. The van der Waals surface area contributed by atoms with Gasteiger partial charge in [-0.2, -0.15) is 13.2 Å². The van der Waals surface area contributed by atoms with Crippen molar-refractivity contribution in [1.29, 1.82) is 0 Å². The number of hydrogen-bond acceptors (Lipinski definition) is 1. The van der Waals surface area contributed by atoms with Gasteiger partial charge in [0, 0.05) is 0 Å². The van der Waals surface area contributed by atoms with Crippen LogP contribution in [0.4, 0.5) is 13.2 Å². The quantitative estimate of drug-likeness (QED) is 0.648. The van der Waals surface area contributed by atoms with Crippen LogP contribution in [0.2, 0.25) is 0 Å². The summed E-state index contributed by atoms with van der Waals surface area (Å²) in [5.41, 5.74) is -1.71. The predicted octanol–water partition coefficient (Wildman–Crippen LogP) is 3.89. The van der Waals surface area contributed by atoms with Crippen LogP contribution in [-0.4, -0.2) is 18.3 Å². The Labute approximate surface area is 90.4 Å². The van der Waals surface area contributed by atoms with Crippen LogP contribution in [0.25, 0.3) is 0 Å². The van der Waals surface area contributed by atoms with Gasteiger partial charge < -0.3 is 5.32 Å². The SMILES string of the molecule is CCCCCCC(C)(NCC)C(F)(F)F. The third kappa shape index (κ3) is 4.87. The van der Waals surface area contributed by atoms with Gasteiger partial charge in [-0.25, -0.2) is 0 Å². The lowest BCUT2D eigenvalue weighted by molar-refractivity contribution is -0.193. The molecule has 0 aliphatic heterocycles. The molecule has 15 heavy (non-hydrogen) atoms. The molecule has 0 aromatic carbocycles. The molecule has 1 nitrogen and oxygen atoms in total. The first-order valence-corrected chi connectivity index (χ1v) is 5.69. The van der Waals surface area contributed by atoms with Crippen molar-refractivity contribution in [3.05, 3.63) is 0 Å². The van der Waals surface area contributed by atoms with E-state index in [-0.39, 0.29) is 6.42 Å². The molecule has 0 rings (SSSR count). The second-order valence-corrected chi connectivity index (χ2v) is 4.17. The van der Waals surface area contributed by atoms with E-state index in [1.165, 1.54) is 6.92 Å². The minimum atomic E-state index is -4.16. The predicted molar refractivity (Wildman–Crippen MR) is 56.9 cm³/mol. The van der Waals surface area contributed by atoms with Crippen molar-refractivity contribution in [2.45, 2.75) is 64.6 Å². The summed E-state index contributed by atoms with van der Waals surface area (Å²) in [6, 6.07) is 0. The zero-order valence-corrected chi connectivity index (χ0v) is 9.88. The first kappa shape index (κ1) is 14.8. The van der Waals surface area contributed by atoms with Crippen LogP contribution in [0.5, 0.6) is 0 Å². The lowest BCUT2D eigenvalue weighted by atomic mass is 9.93. The number of halogens is 3. The highest BCUT2D eigenvalue weighted by molar-refractivity contribution is 4.90. The first-order chi connectivity index (χ1) is 6.87. The van der Waals surface area contributed by atoms with E-state index in [2.05, 4.69) is 5.32 Å². The van der Waals surface area contributed by atoms with Gasteiger partial charge in [0.15, 0.2) is 0 Å². The summed E-state index contributed by atoms with van der Waals surface area (Å²) in [4.78, 5) is 0. The molecule has 0 saturated heterocycles. The standard InChI is InChI=1S/C11H22F3N/c1-4-6-7-8-9-10(3,15-5-2)11(12,13)14/h15H,4-9H2,1-3H3. The Morgan fingerprint density at radius 3 is 2.00 bits per heavy atom. The van der Waals surface area contributed by atoms with Crippen LogP contribution in [0.1, 0.15) is 52.9 Å². The van der Waals surface area contributed by atoms with E-state index >= 15 is 0 Å². The molecule has 0 fully saturated rings. The molecular formula is C11H22F3N. The molecule has 0 aliphatic rings. The molecule has 0 spiro atoms. The maximum Gasteiger partial charge on any atom is 0.406 e. The van der Waals surface area contributed by atoms with Crippen molar-refractivity contribution in [3.8, 4) is 0 Å². The van der Waals surface area contributed by atoms with Crippen molar-refractivity contribution < 1.29 is 13.2 Å². The van der Waals surface area contributed by atoms with Gasteiger partial charge in [0.25, 0.3) is 0 Å². The molecular weight excluding hydrogens is 203 g/mol. The molecule has 92 valence electrons. The van der Waals surface area contributed by atoms with Crippen LogP contribution in [0.15, 0.2) is 0 Å². The maximum absolute atomic E-state index is 12.7. The third-order valence-corrected chi connectivity index (χ3v) is 2.72. The molecule has 0 aromatic heterocycles. The largest absolute Gasteiger partial charge is 0.406 e. The Morgan fingerprint density at radius 2 is 1.60 bits per heavy atom. The fourth-order valence-corrected chi connectivity index (χ4v) is 1.63. The Bertz CT molecular complexity index is 168. The van der Waals surface area contributed by atoms with Gasteiger partial charge in [-0.05, 0) is 19.9 Å². The van der Waals surface area contributed by atoms with Crippen LogP contribution < -0.4 is 5.32 Å². The molecule has 1 atom stereocenters. The van der Waals surface area contributed by atoms with Crippen LogP contribution in [-0.2, 0) is 0 Å². The Balaban J connectivity index is 4.14. The summed E-state index contributed by atoms with van der Waals surface area (Å²) in [6.45, 7) is 5.36. The number of alkyl halides is 3. The topological polar surface area (TPSA) is 12.0 Å². The Kier molecular flexibility index (Phi) is 6.25. The molecule has 1 unspecified atom stereocenters. The number of unbranched alkanes of at least 4 members (excludes halogenated alkanes) is 3. The van der Waals surface area contributed by atoms with Gasteiger partial charge in [-0.15, -0.1) is 0 Å². The van der Waals surface area contributed by atoms with Crippen LogP contribution in [0, 0.1) is 0 Å². The average molecular weight is 225 g/mol. The summed E-state index contributed by atoms with van der Waals surface area (Å²) >= 11 is 0. The zero-order valence-electron chi connectivity index (χ0n) is 9.88. The van der Waals surface area contributed by atoms with Gasteiger partial charge >= 0.3 is 6.18 Å². The van der Waals surface area contributed by atoms with E-state index in [0.29, 0.717) is 13.0 Å². The fraction of sp³-hybridized carbons (Fsp3) is 1.00. The minimum absolute atomic E-state index is 0.171. The number of nitrogens with one attached hydrogen (secondary N) is 1. The normalized spacial score (nSPS) is 16.4. The first-order valence-electron chi connectivity index (χ1n) is 5.69. The zero-order chi connectivity index (χ0) is 11.9. The van der Waals surface area contributed by atoms with Crippen LogP contribution in [0.3, 0.4) is 0 Å². The van der Waals surface area contributed by atoms with Gasteiger partial charge in [0.2, 0.25) is 0 Å². The van der Waals surface area contributed by atoms with Crippen molar-refractivity contribution in [1.82, 2.24) is 5.32 Å². The third-order valence-electron chi connectivity index (χ3n) is 2.72.